The second-order valence-electron chi connectivity index (χ2n) is 2.98. The molecule has 0 saturated carbocycles. The Morgan fingerprint density at radius 2 is 2.21 bits per heavy atom. The minimum Gasteiger partial charge on any atom is -0.375 e. The Balaban J connectivity index is 3.08. The van der Waals surface area contributed by atoms with E-state index < -0.39 is 23.4 Å². The summed E-state index contributed by atoms with van der Waals surface area (Å²) in [6, 6.07) is 0. The number of hydrogen-bond acceptors (Lipinski definition) is 3. The van der Waals surface area contributed by atoms with Crippen LogP contribution in [0.4, 0.5) is 13.2 Å². The number of thiocarbonyl (C=S) groups is 1. The third kappa shape index (κ3) is 1.55. The van der Waals surface area contributed by atoms with Crippen LogP contribution in [0.15, 0.2) is 5.10 Å². The van der Waals surface area contributed by atoms with Gasteiger partial charge in [0.1, 0.15) is 0 Å². The first-order valence-electron chi connectivity index (χ1n) is 3.61. The van der Waals surface area contributed by atoms with Crippen LogP contribution < -0.4 is 5.73 Å². The largest absolute Gasteiger partial charge is 0.438 e. The molecule has 0 bridgehead atoms. The van der Waals surface area contributed by atoms with E-state index in [1.165, 1.54) is 6.92 Å². The van der Waals surface area contributed by atoms with E-state index in [4.69, 9.17) is 5.73 Å². The zero-order valence-corrected chi connectivity index (χ0v) is 7.98. The van der Waals surface area contributed by atoms with E-state index >= 15 is 0 Å². The smallest absolute Gasteiger partial charge is 0.375 e. The second-order valence-corrected chi connectivity index (χ2v) is 3.39. The molecular weight excluding hydrogens is 219 g/mol. The number of nitrogens with two attached hydrogens (primary N) is 1. The van der Waals surface area contributed by atoms with Gasteiger partial charge in [-0.3, -0.25) is 0 Å². The minimum absolute atomic E-state index is 0.123. The van der Waals surface area contributed by atoms with Crippen molar-refractivity contribution in [2.45, 2.75) is 25.2 Å². The van der Waals surface area contributed by atoms with E-state index in [1.807, 2.05) is 0 Å². The first-order chi connectivity index (χ1) is 6.18. The summed E-state index contributed by atoms with van der Waals surface area (Å²) < 4.78 is 37.3. The first-order valence-corrected chi connectivity index (χ1v) is 4.02. The fourth-order valence-corrected chi connectivity index (χ4v) is 1.36. The lowest BCUT2D eigenvalue weighted by Crippen LogP contribution is -2.57. The molecule has 1 aliphatic rings. The normalized spacial score (nSPS) is 27.8. The first kappa shape index (κ1) is 11.2. The lowest BCUT2D eigenvalue weighted by molar-refractivity contribution is -0.294. The van der Waals surface area contributed by atoms with Gasteiger partial charge >= 0.3 is 6.18 Å². The van der Waals surface area contributed by atoms with Gasteiger partial charge in [0, 0.05) is 12.1 Å². The highest BCUT2D eigenvalue weighted by Crippen LogP contribution is 2.39. The maximum Gasteiger partial charge on any atom is 0.438 e. The Kier molecular flexibility index (Phi) is 2.44. The molecule has 0 aromatic heterocycles. The topological polar surface area (TPSA) is 61.8 Å². The molecule has 1 atom stereocenters. The fourth-order valence-electron chi connectivity index (χ4n) is 1.17. The van der Waals surface area contributed by atoms with Crippen LogP contribution in [0.1, 0.15) is 13.3 Å². The van der Waals surface area contributed by atoms with Crippen LogP contribution >= 0.6 is 12.2 Å². The molecule has 14 heavy (non-hydrogen) atoms. The predicted octanol–water partition coefficient (Wildman–Crippen LogP) is 0.563. The van der Waals surface area contributed by atoms with Crippen molar-refractivity contribution >= 4 is 23.0 Å². The Bertz CT molecular complexity index is 303. The Labute approximate surface area is 83.2 Å². The third-order valence-electron chi connectivity index (χ3n) is 1.79. The van der Waals surface area contributed by atoms with Gasteiger partial charge in [0.2, 0.25) is 0 Å². The zero-order valence-electron chi connectivity index (χ0n) is 7.17. The SMILES string of the molecule is CC1=NN(C(N)=S)[C@@](O)(C(F)(F)F)C1. The second kappa shape index (κ2) is 3.06. The van der Waals surface area contributed by atoms with Crippen molar-refractivity contribution in [3.05, 3.63) is 0 Å². The maximum atomic E-state index is 12.4. The lowest BCUT2D eigenvalue weighted by Gasteiger charge is -2.32. The quantitative estimate of drug-likeness (QED) is 0.594. The molecule has 8 heteroatoms. The minimum atomic E-state index is -4.85. The molecule has 1 rings (SSSR count). The van der Waals surface area contributed by atoms with Gasteiger partial charge in [-0.2, -0.15) is 23.3 Å². The van der Waals surface area contributed by atoms with Crippen LogP contribution in [-0.4, -0.2) is 32.8 Å². The highest BCUT2D eigenvalue weighted by Gasteiger charge is 2.61. The summed E-state index contributed by atoms with van der Waals surface area (Å²) in [6.45, 7) is 1.36. The van der Waals surface area contributed by atoms with Crippen LogP contribution in [0.5, 0.6) is 0 Å². The lowest BCUT2D eigenvalue weighted by atomic mass is 10.1. The van der Waals surface area contributed by atoms with Gasteiger partial charge in [-0.05, 0) is 19.1 Å². The summed E-state index contributed by atoms with van der Waals surface area (Å²) in [5.41, 5.74) is 2.05. The molecule has 0 aromatic rings. The molecular formula is C6H8F3N3OS. The Morgan fingerprint density at radius 1 is 1.71 bits per heavy atom. The van der Waals surface area contributed by atoms with Crippen LogP contribution in [0.3, 0.4) is 0 Å². The average Bonchev–Trinajstić information content (AvgIpc) is 2.25. The molecule has 0 fully saturated rings. The summed E-state index contributed by atoms with van der Waals surface area (Å²) >= 11 is 4.36. The van der Waals surface area contributed by atoms with Crippen LogP contribution in [0, 0.1) is 0 Å². The van der Waals surface area contributed by atoms with Gasteiger partial charge in [-0.1, -0.05) is 0 Å². The number of nitrogens with zero attached hydrogens (tertiary/aromatic N) is 2. The molecule has 0 aromatic carbocycles. The summed E-state index contributed by atoms with van der Waals surface area (Å²) in [7, 11) is 0. The van der Waals surface area contributed by atoms with Crippen molar-refractivity contribution in [3.8, 4) is 0 Å². The number of alkyl halides is 3. The highest BCUT2D eigenvalue weighted by molar-refractivity contribution is 7.80. The summed E-state index contributed by atoms with van der Waals surface area (Å²) in [5, 5.41) is 12.4. The highest BCUT2D eigenvalue weighted by atomic mass is 32.1. The molecule has 0 amide bonds. The molecule has 1 heterocycles. The van der Waals surface area contributed by atoms with E-state index in [2.05, 4.69) is 17.3 Å². The number of rotatable bonds is 0. The maximum absolute atomic E-state index is 12.4. The predicted molar refractivity (Wildman–Crippen MR) is 47.4 cm³/mol. The monoisotopic (exact) mass is 227 g/mol. The van der Waals surface area contributed by atoms with Gasteiger partial charge in [0.15, 0.2) is 5.11 Å². The number of hydrazone groups is 1. The molecule has 0 aliphatic carbocycles. The Hall–Kier alpha value is -0.890. The zero-order chi connectivity index (χ0) is 11.1. The van der Waals surface area contributed by atoms with Crippen LogP contribution in [-0.2, 0) is 0 Å². The summed E-state index contributed by atoms with van der Waals surface area (Å²) in [6.07, 6.45) is -5.49. The molecule has 0 saturated heterocycles. The Morgan fingerprint density at radius 3 is 2.50 bits per heavy atom. The summed E-state index contributed by atoms with van der Waals surface area (Å²) in [4.78, 5) is 0. The molecule has 4 nitrogen and oxygen atoms in total. The number of aliphatic hydroxyl groups is 1. The molecule has 80 valence electrons. The van der Waals surface area contributed by atoms with Crippen molar-refractivity contribution in [2.75, 3.05) is 0 Å². The molecule has 3 N–H and O–H groups in total. The fraction of sp³-hybridized carbons (Fsp3) is 0.667. The van der Waals surface area contributed by atoms with Gasteiger partial charge in [0.05, 0.1) is 0 Å². The molecule has 0 unspecified atom stereocenters. The van der Waals surface area contributed by atoms with E-state index in [-0.39, 0.29) is 10.7 Å². The third-order valence-corrected chi connectivity index (χ3v) is 1.96. The van der Waals surface area contributed by atoms with Crippen molar-refractivity contribution in [2.24, 2.45) is 10.8 Å². The van der Waals surface area contributed by atoms with E-state index in [0.29, 0.717) is 0 Å². The molecule has 0 radical (unpaired) electrons. The van der Waals surface area contributed by atoms with Crippen molar-refractivity contribution in [1.82, 2.24) is 5.01 Å². The molecule has 1 aliphatic heterocycles. The van der Waals surface area contributed by atoms with Gasteiger partial charge in [-0.15, -0.1) is 0 Å². The number of halogens is 3. The van der Waals surface area contributed by atoms with E-state index in [9.17, 15) is 18.3 Å². The van der Waals surface area contributed by atoms with E-state index in [1.54, 1.807) is 0 Å². The summed E-state index contributed by atoms with van der Waals surface area (Å²) in [5.74, 6) is 0. The van der Waals surface area contributed by atoms with Crippen molar-refractivity contribution in [3.63, 3.8) is 0 Å². The van der Waals surface area contributed by atoms with Crippen molar-refractivity contribution < 1.29 is 18.3 Å². The van der Waals surface area contributed by atoms with Gasteiger partial charge in [0.25, 0.3) is 5.72 Å². The molecule has 0 spiro atoms. The van der Waals surface area contributed by atoms with Crippen LogP contribution in [0.2, 0.25) is 0 Å². The van der Waals surface area contributed by atoms with Gasteiger partial charge in [-0.25, -0.2) is 0 Å². The standard InChI is InChI=1S/C6H8F3N3OS/c1-3-2-5(13,6(7,8)9)12(11-3)4(10)14/h13H,2H2,1H3,(H2,10,14)/t5-/m0/s1. The van der Waals surface area contributed by atoms with Gasteiger partial charge < -0.3 is 10.8 Å². The van der Waals surface area contributed by atoms with Crippen molar-refractivity contribution in [1.29, 1.82) is 0 Å². The average molecular weight is 227 g/mol. The van der Waals surface area contributed by atoms with Crippen LogP contribution in [0.25, 0.3) is 0 Å². The number of hydrogen-bond donors (Lipinski definition) is 2. The van der Waals surface area contributed by atoms with E-state index in [0.717, 1.165) is 0 Å².